The van der Waals surface area contributed by atoms with Crippen LogP contribution in [0.2, 0.25) is 5.02 Å². The predicted octanol–water partition coefficient (Wildman–Crippen LogP) is 0.824. The van der Waals surface area contributed by atoms with E-state index >= 15 is 0 Å². The summed E-state index contributed by atoms with van der Waals surface area (Å²) < 4.78 is 36.6. The summed E-state index contributed by atoms with van der Waals surface area (Å²) in [6.45, 7) is 0.448. The topological polar surface area (TPSA) is 93.1 Å². The molecule has 0 atom stereocenters. The number of rotatable bonds is 5. The van der Waals surface area contributed by atoms with Crippen molar-refractivity contribution in [2.45, 2.75) is 4.90 Å². The first-order valence-electron chi connectivity index (χ1n) is 6.13. The summed E-state index contributed by atoms with van der Waals surface area (Å²) in [5.41, 5.74) is 0. The van der Waals surface area contributed by atoms with Gasteiger partial charge in [-0.05, 0) is 18.2 Å². The van der Waals surface area contributed by atoms with Crippen molar-refractivity contribution in [2.75, 3.05) is 32.9 Å². The summed E-state index contributed by atoms with van der Waals surface area (Å²) in [5, 5.41) is 8.87. The van der Waals surface area contributed by atoms with Crippen LogP contribution in [0.1, 0.15) is 0 Å². The van der Waals surface area contributed by atoms with Crippen LogP contribution in [-0.4, -0.2) is 56.7 Å². The standard InChI is InChI=1S/C12H14ClNO6S/c13-9-1-2-10(20-8-12(15)16)11(7-9)21(17,18)14-3-5-19-6-4-14/h1-2,7H,3-6,8H2,(H,15,16). The first-order chi connectivity index (χ1) is 9.91. The Morgan fingerprint density at radius 2 is 2.05 bits per heavy atom. The third-order valence-electron chi connectivity index (χ3n) is 2.84. The Kier molecular flexibility index (Phi) is 5.04. The molecule has 9 heteroatoms. The summed E-state index contributed by atoms with van der Waals surface area (Å²) in [4.78, 5) is 10.4. The van der Waals surface area contributed by atoms with Crippen LogP contribution < -0.4 is 4.74 Å². The molecular weight excluding hydrogens is 322 g/mol. The lowest BCUT2D eigenvalue weighted by Gasteiger charge is -2.26. The van der Waals surface area contributed by atoms with Crippen molar-refractivity contribution in [3.63, 3.8) is 0 Å². The number of hydrogen-bond acceptors (Lipinski definition) is 5. The van der Waals surface area contributed by atoms with Crippen LogP contribution in [0, 0.1) is 0 Å². The summed E-state index contributed by atoms with van der Waals surface area (Å²) in [6, 6.07) is 4.04. The Morgan fingerprint density at radius 3 is 2.67 bits per heavy atom. The molecule has 0 aromatic heterocycles. The van der Waals surface area contributed by atoms with Gasteiger partial charge in [-0.15, -0.1) is 0 Å². The largest absolute Gasteiger partial charge is 0.480 e. The normalized spacial score (nSPS) is 16.6. The highest BCUT2D eigenvalue weighted by Crippen LogP contribution is 2.30. The zero-order valence-corrected chi connectivity index (χ0v) is 12.6. The van der Waals surface area contributed by atoms with E-state index in [4.69, 9.17) is 26.2 Å². The fraction of sp³-hybridized carbons (Fsp3) is 0.417. The SMILES string of the molecule is O=C(O)COc1ccc(Cl)cc1S(=O)(=O)N1CCOCC1. The van der Waals surface area contributed by atoms with Gasteiger partial charge < -0.3 is 14.6 Å². The molecule has 2 rings (SSSR count). The lowest BCUT2D eigenvalue weighted by Crippen LogP contribution is -2.40. The molecule has 1 heterocycles. The zero-order chi connectivity index (χ0) is 15.5. The smallest absolute Gasteiger partial charge is 0.341 e. The zero-order valence-electron chi connectivity index (χ0n) is 11.0. The van der Waals surface area contributed by atoms with Crippen LogP contribution in [-0.2, 0) is 19.6 Å². The van der Waals surface area contributed by atoms with E-state index in [2.05, 4.69) is 0 Å². The highest BCUT2D eigenvalue weighted by atomic mass is 35.5. The molecule has 0 saturated carbocycles. The third-order valence-corrected chi connectivity index (χ3v) is 5.00. The molecule has 0 amide bonds. The van der Waals surface area contributed by atoms with E-state index in [1.54, 1.807) is 0 Å². The molecule has 0 spiro atoms. The van der Waals surface area contributed by atoms with Gasteiger partial charge in [0.15, 0.2) is 6.61 Å². The van der Waals surface area contributed by atoms with Gasteiger partial charge in [-0.1, -0.05) is 11.6 Å². The van der Waals surface area contributed by atoms with Gasteiger partial charge in [-0.2, -0.15) is 4.31 Å². The summed E-state index contributed by atoms with van der Waals surface area (Å²) in [7, 11) is -3.81. The van der Waals surface area contributed by atoms with Gasteiger partial charge in [-0.3, -0.25) is 0 Å². The predicted molar refractivity (Wildman–Crippen MR) is 74.2 cm³/mol. The van der Waals surface area contributed by atoms with E-state index in [1.165, 1.54) is 22.5 Å². The Morgan fingerprint density at radius 1 is 1.38 bits per heavy atom. The number of carboxylic acid groups (broad SMARTS) is 1. The van der Waals surface area contributed by atoms with Crippen LogP contribution in [0.3, 0.4) is 0 Å². The number of carboxylic acids is 1. The molecule has 116 valence electrons. The number of aliphatic carboxylic acids is 1. The van der Waals surface area contributed by atoms with Crippen molar-refractivity contribution in [1.82, 2.24) is 4.31 Å². The molecular formula is C12H14ClNO6S. The number of carbonyl (C=O) groups is 1. The maximum absolute atomic E-state index is 12.6. The molecule has 7 nitrogen and oxygen atoms in total. The van der Waals surface area contributed by atoms with Crippen LogP contribution in [0.25, 0.3) is 0 Å². The minimum Gasteiger partial charge on any atom is -0.480 e. The van der Waals surface area contributed by atoms with E-state index in [9.17, 15) is 13.2 Å². The second-order valence-electron chi connectivity index (χ2n) is 4.29. The average Bonchev–Trinajstić information content (AvgIpc) is 2.46. The number of benzene rings is 1. The minimum atomic E-state index is -3.81. The molecule has 1 N–H and O–H groups in total. The van der Waals surface area contributed by atoms with Crippen LogP contribution in [0.15, 0.2) is 23.1 Å². The van der Waals surface area contributed by atoms with Crippen molar-refractivity contribution in [3.8, 4) is 5.75 Å². The number of ether oxygens (including phenoxy) is 2. The number of nitrogens with zero attached hydrogens (tertiary/aromatic N) is 1. The maximum Gasteiger partial charge on any atom is 0.341 e. The van der Waals surface area contributed by atoms with E-state index in [1.807, 2.05) is 0 Å². The molecule has 1 aromatic rings. The number of hydrogen-bond donors (Lipinski definition) is 1. The maximum atomic E-state index is 12.6. The summed E-state index contributed by atoms with van der Waals surface area (Å²) in [6.07, 6.45) is 0. The lowest BCUT2D eigenvalue weighted by molar-refractivity contribution is -0.139. The summed E-state index contributed by atoms with van der Waals surface area (Å²) >= 11 is 5.84. The first-order valence-corrected chi connectivity index (χ1v) is 7.95. The average molecular weight is 336 g/mol. The van der Waals surface area contributed by atoms with Gasteiger partial charge in [0.1, 0.15) is 10.6 Å². The highest BCUT2D eigenvalue weighted by molar-refractivity contribution is 7.89. The van der Waals surface area contributed by atoms with Crippen molar-refractivity contribution >= 4 is 27.6 Å². The monoisotopic (exact) mass is 335 g/mol. The molecule has 21 heavy (non-hydrogen) atoms. The second-order valence-corrected chi connectivity index (χ2v) is 6.63. The van der Waals surface area contributed by atoms with Gasteiger partial charge in [0, 0.05) is 18.1 Å². The van der Waals surface area contributed by atoms with Crippen molar-refractivity contribution in [3.05, 3.63) is 23.2 Å². The Bertz CT molecular complexity index is 627. The van der Waals surface area contributed by atoms with Crippen LogP contribution in [0.5, 0.6) is 5.75 Å². The quantitative estimate of drug-likeness (QED) is 0.856. The molecule has 1 fully saturated rings. The molecule has 1 aliphatic heterocycles. The van der Waals surface area contributed by atoms with Gasteiger partial charge in [0.2, 0.25) is 10.0 Å². The molecule has 1 aromatic carbocycles. The third kappa shape index (κ3) is 3.85. The van der Waals surface area contributed by atoms with Gasteiger partial charge in [0.05, 0.1) is 13.2 Å². The van der Waals surface area contributed by atoms with Gasteiger partial charge >= 0.3 is 5.97 Å². The van der Waals surface area contributed by atoms with Crippen molar-refractivity contribution < 1.29 is 27.8 Å². The van der Waals surface area contributed by atoms with Gasteiger partial charge in [0.25, 0.3) is 0 Å². The molecule has 0 radical (unpaired) electrons. The van der Waals surface area contributed by atoms with Crippen LogP contribution in [0.4, 0.5) is 0 Å². The molecule has 0 bridgehead atoms. The van der Waals surface area contributed by atoms with E-state index in [0.29, 0.717) is 13.2 Å². The second kappa shape index (κ2) is 6.61. The van der Waals surface area contributed by atoms with Crippen molar-refractivity contribution in [2.24, 2.45) is 0 Å². The summed E-state index contributed by atoms with van der Waals surface area (Å²) in [5.74, 6) is -1.23. The molecule has 1 saturated heterocycles. The van der Waals surface area contributed by atoms with E-state index < -0.39 is 22.6 Å². The first kappa shape index (κ1) is 16.0. The number of sulfonamides is 1. The lowest BCUT2D eigenvalue weighted by atomic mass is 10.3. The van der Waals surface area contributed by atoms with E-state index in [0.717, 1.165) is 0 Å². The molecule has 0 aliphatic carbocycles. The fourth-order valence-electron chi connectivity index (χ4n) is 1.87. The van der Waals surface area contributed by atoms with Crippen LogP contribution >= 0.6 is 11.6 Å². The van der Waals surface area contributed by atoms with Crippen molar-refractivity contribution in [1.29, 1.82) is 0 Å². The number of halogens is 1. The Labute approximate surface area is 127 Å². The van der Waals surface area contributed by atoms with Gasteiger partial charge in [-0.25, -0.2) is 13.2 Å². The Balaban J connectivity index is 2.35. The minimum absolute atomic E-state index is 0.0340. The highest BCUT2D eigenvalue weighted by Gasteiger charge is 2.29. The number of morpholine rings is 1. The molecule has 0 unspecified atom stereocenters. The fourth-order valence-corrected chi connectivity index (χ4v) is 3.67. The Hall–Kier alpha value is -1.35. The molecule has 1 aliphatic rings. The van der Waals surface area contributed by atoms with E-state index in [-0.39, 0.29) is 28.8 Å².